The molecule has 2 heterocycles. The number of nitrogens with one attached hydrogen (secondary N) is 1. The number of aliphatic hydroxyl groups is 1. The van der Waals surface area contributed by atoms with E-state index in [1.165, 1.54) is 11.0 Å². The highest BCUT2D eigenvalue weighted by molar-refractivity contribution is 9.10. The molecule has 0 spiro atoms. The van der Waals surface area contributed by atoms with Crippen LogP contribution >= 0.6 is 15.9 Å². The highest BCUT2D eigenvalue weighted by Gasteiger charge is 2.22. The molecule has 1 fully saturated rings. The van der Waals surface area contributed by atoms with Gasteiger partial charge in [-0.2, -0.15) is 0 Å². The van der Waals surface area contributed by atoms with Gasteiger partial charge in [-0.1, -0.05) is 39.9 Å². The van der Waals surface area contributed by atoms with E-state index in [1.54, 1.807) is 13.0 Å². The predicted molar refractivity (Wildman–Crippen MR) is 118 cm³/mol. The first kappa shape index (κ1) is 21.1. The minimum absolute atomic E-state index is 0.0910. The van der Waals surface area contributed by atoms with Crippen LogP contribution in [0.25, 0.3) is 22.1 Å². The zero-order valence-corrected chi connectivity index (χ0v) is 18.5. The molecule has 1 saturated heterocycles. The van der Waals surface area contributed by atoms with Crippen molar-refractivity contribution >= 4 is 26.9 Å². The molecule has 1 aliphatic rings. The molecule has 1 aromatic heterocycles. The molecule has 0 radical (unpaired) electrons. The Bertz CT molecular complexity index is 1100. The molecule has 0 atom stereocenters. The molecule has 0 amide bonds. The molecule has 0 bridgehead atoms. The maximum atomic E-state index is 13.3. The van der Waals surface area contributed by atoms with E-state index in [9.17, 15) is 9.90 Å². The van der Waals surface area contributed by atoms with Crippen LogP contribution in [0.3, 0.4) is 0 Å². The van der Waals surface area contributed by atoms with Crippen molar-refractivity contribution in [3.8, 4) is 16.9 Å². The van der Waals surface area contributed by atoms with Gasteiger partial charge in [0.05, 0.1) is 30.6 Å². The van der Waals surface area contributed by atoms with Crippen molar-refractivity contribution < 1.29 is 19.5 Å². The van der Waals surface area contributed by atoms with Gasteiger partial charge in [0.15, 0.2) is 0 Å². The molecule has 4 rings (SSSR count). The molecule has 1 aliphatic heterocycles. The van der Waals surface area contributed by atoms with Crippen molar-refractivity contribution in [2.45, 2.75) is 13.5 Å². The van der Waals surface area contributed by atoms with Crippen LogP contribution in [0.4, 0.5) is 0 Å². The molecule has 158 valence electrons. The third kappa shape index (κ3) is 4.16. The van der Waals surface area contributed by atoms with Crippen molar-refractivity contribution in [2.24, 2.45) is 0 Å². The fraction of sp³-hybridized carbons (Fsp3) is 0.348. The smallest absolute Gasteiger partial charge is 0.200 e. The molecular weight excluding hydrogens is 448 g/mol. The van der Waals surface area contributed by atoms with E-state index < -0.39 is 0 Å². The summed E-state index contributed by atoms with van der Waals surface area (Å²) in [5, 5.41) is 22.2. The van der Waals surface area contributed by atoms with Gasteiger partial charge in [-0.25, -0.2) is 0 Å². The summed E-state index contributed by atoms with van der Waals surface area (Å²) in [6.45, 7) is 6.68. The van der Waals surface area contributed by atoms with Crippen LogP contribution in [0, 0.1) is 6.92 Å². The van der Waals surface area contributed by atoms with E-state index in [2.05, 4.69) is 20.8 Å². The minimum atomic E-state index is -0.111. The van der Waals surface area contributed by atoms with Gasteiger partial charge in [-0.05, 0) is 30.7 Å². The summed E-state index contributed by atoms with van der Waals surface area (Å²) in [6, 6.07) is 10.6. The average molecular weight is 473 g/mol. The molecule has 2 aromatic carbocycles. The first-order chi connectivity index (χ1) is 14.5. The SMILES string of the molecule is Cc1oc2c(C[NH+]3CCN(CCO)CC3)c([O-])ccc2c(=O)c1-c1ccc(Br)cc1. The van der Waals surface area contributed by atoms with Crippen molar-refractivity contribution in [3.05, 3.63) is 62.4 Å². The second kappa shape index (κ2) is 8.89. The summed E-state index contributed by atoms with van der Waals surface area (Å²) < 4.78 is 7.04. The summed E-state index contributed by atoms with van der Waals surface area (Å²) in [4.78, 5) is 16.8. The highest BCUT2D eigenvalue weighted by atomic mass is 79.9. The van der Waals surface area contributed by atoms with Gasteiger partial charge in [0, 0.05) is 29.7 Å². The molecule has 6 nitrogen and oxygen atoms in total. The lowest BCUT2D eigenvalue weighted by molar-refractivity contribution is -0.918. The number of hydrogen-bond acceptors (Lipinski definition) is 5. The second-order valence-corrected chi connectivity index (χ2v) is 8.70. The second-order valence-electron chi connectivity index (χ2n) is 7.78. The van der Waals surface area contributed by atoms with Crippen molar-refractivity contribution in [1.82, 2.24) is 4.90 Å². The normalized spacial score (nSPS) is 15.7. The van der Waals surface area contributed by atoms with Gasteiger partial charge >= 0.3 is 0 Å². The maximum Gasteiger partial charge on any atom is 0.200 e. The molecule has 0 saturated carbocycles. The Morgan fingerprint density at radius 2 is 1.87 bits per heavy atom. The third-order valence-corrected chi connectivity index (χ3v) is 6.36. The summed E-state index contributed by atoms with van der Waals surface area (Å²) in [5.74, 6) is 0.427. The quantitative estimate of drug-likeness (QED) is 0.584. The highest BCUT2D eigenvalue weighted by Crippen LogP contribution is 2.29. The fourth-order valence-electron chi connectivity index (χ4n) is 4.18. The van der Waals surface area contributed by atoms with E-state index in [0.29, 0.717) is 40.9 Å². The number of rotatable bonds is 5. The van der Waals surface area contributed by atoms with Gasteiger partial charge in [-0.15, -0.1) is 0 Å². The average Bonchev–Trinajstić information content (AvgIpc) is 2.73. The summed E-state index contributed by atoms with van der Waals surface area (Å²) >= 11 is 3.42. The van der Waals surface area contributed by atoms with E-state index in [0.717, 1.165) is 36.2 Å². The third-order valence-electron chi connectivity index (χ3n) is 5.84. The van der Waals surface area contributed by atoms with Gasteiger partial charge < -0.3 is 19.5 Å². The van der Waals surface area contributed by atoms with E-state index >= 15 is 0 Å². The molecule has 30 heavy (non-hydrogen) atoms. The topological polar surface area (TPSA) is 81.2 Å². The standard InChI is InChI=1S/C23H25BrN2O4/c1-15-21(16-2-4-17(24)5-3-16)22(29)18-6-7-20(28)19(23(18)30-15)14-26-10-8-25(9-11-26)12-13-27/h2-7,27-28H,8-14H2,1H3. The van der Waals surface area contributed by atoms with Crippen LogP contribution in [-0.4, -0.2) is 49.3 Å². The van der Waals surface area contributed by atoms with Gasteiger partial charge in [0.1, 0.15) is 17.9 Å². The number of fused-ring (bicyclic) bond motifs is 1. The Morgan fingerprint density at radius 1 is 1.17 bits per heavy atom. The van der Waals surface area contributed by atoms with E-state index in [-0.39, 0.29) is 17.8 Å². The summed E-state index contributed by atoms with van der Waals surface area (Å²) in [7, 11) is 0. The summed E-state index contributed by atoms with van der Waals surface area (Å²) in [5.41, 5.74) is 2.20. The number of piperazine rings is 1. The van der Waals surface area contributed by atoms with Crippen molar-refractivity contribution in [3.63, 3.8) is 0 Å². The van der Waals surface area contributed by atoms with Crippen molar-refractivity contribution in [2.75, 3.05) is 39.3 Å². The minimum Gasteiger partial charge on any atom is -0.872 e. The van der Waals surface area contributed by atoms with Crippen LogP contribution in [0.1, 0.15) is 11.3 Å². The zero-order valence-electron chi connectivity index (χ0n) is 16.9. The number of nitrogens with zero attached hydrogens (tertiary/aromatic N) is 1. The fourth-order valence-corrected chi connectivity index (χ4v) is 4.45. The lowest BCUT2D eigenvalue weighted by atomic mass is 10.0. The van der Waals surface area contributed by atoms with Gasteiger partial charge in [-0.3, -0.25) is 9.69 Å². The number of aliphatic hydroxyl groups excluding tert-OH is 1. The van der Waals surface area contributed by atoms with E-state index in [1.807, 2.05) is 24.3 Å². The van der Waals surface area contributed by atoms with Gasteiger partial charge in [0.25, 0.3) is 0 Å². The first-order valence-corrected chi connectivity index (χ1v) is 11.0. The molecule has 7 heteroatoms. The lowest BCUT2D eigenvalue weighted by Crippen LogP contribution is -3.13. The molecule has 0 aliphatic carbocycles. The van der Waals surface area contributed by atoms with E-state index in [4.69, 9.17) is 9.52 Å². The molecule has 0 unspecified atom stereocenters. The Morgan fingerprint density at radius 3 is 2.53 bits per heavy atom. The zero-order chi connectivity index (χ0) is 21.3. The number of quaternary nitrogens is 1. The van der Waals surface area contributed by atoms with Crippen LogP contribution in [-0.2, 0) is 6.54 Å². The number of aryl methyl sites for hydroxylation is 1. The summed E-state index contributed by atoms with van der Waals surface area (Å²) in [6.07, 6.45) is 0. The predicted octanol–water partition coefficient (Wildman–Crippen LogP) is 1.30. The molecular formula is C23H25BrN2O4. The Hall–Kier alpha value is -2.19. The molecule has 2 N–H and O–H groups in total. The molecule has 3 aromatic rings. The number of β-amino-alcohol motifs (C(OH)–C–C–N with tert-alkyl or cyclic N) is 1. The Kier molecular flexibility index (Phi) is 6.24. The van der Waals surface area contributed by atoms with Crippen LogP contribution in [0.5, 0.6) is 5.75 Å². The van der Waals surface area contributed by atoms with Crippen LogP contribution in [0.2, 0.25) is 0 Å². The van der Waals surface area contributed by atoms with Crippen molar-refractivity contribution in [1.29, 1.82) is 0 Å². The van der Waals surface area contributed by atoms with Crippen LogP contribution < -0.4 is 15.4 Å². The maximum absolute atomic E-state index is 13.3. The number of benzene rings is 2. The largest absolute Gasteiger partial charge is 0.872 e. The van der Waals surface area contributed by atoms with Crippen LogP contribution in [0.15, 0.2) is 50.1 Å². The Labute approximate surface area is 183 Å². The monoisotopic (exact) mass is 472 g/mol. The first-order valence-electron chi connectivity index (χ1n) is 10.2. The number of halogens is 1. The Balaban J connectivity index is 1.70. The lowest BCUT2D eigenvalue weighted by Gasteiger charge is -2.32. The number of hydrogen-bond donors (Lipinski definition) is 2. The van der Waals surface area contributed by atoms with Gasteiger partial charge in [0.2, 0.25) is 5.43 Å².